The number of rotatable bonds is 4. The van der Waals surface area contributed by atoms with E-state index in [0.717, 1.165) is 23.6 Å². The Morgan fingerprint density at radius 1 is 1.39 bits per heavy atom. The van der Waals surface area contributed by atoms with Crippen LogP contribution in [0.4, 0.5) is 8.78 Å². The normalized spacial score (nSPS) is 12.7. The highest BCUT2D eigenvalue weighted by Gasteiger charge is 2.13. The molecular weight excluding hydrogens is 254 g/mol. The Morgan fingerprint density at radius 3 is 2.89 bits per heavy atom. The highest BCUT2D eigenvalue weighted by molar-refractivity contribution is 7.10. The molecule has 5 heteroatoms. The molecule has 1 heterocycles. The Bertz CT molecular complexity index is 540. The van der Waals surface area contributed by atoms with Crippen molar-refractivity contribution >= 4 is 11.3 Å². The van der Waals surface area contributed by atoms with Crippen molar-refractivity contribution in [2.75, 3.05) is 6.54 Å². The van der Waals surface area contributed by atoms with E-state index in [4.69, 9.17) is 5.73 Å². The second kappa shape index (κ2) is 5.54. The molecule has 0 spiro atoms. The van der Waals surface area contributed by atoms with Gasteiger partial charge in [0.05, 0.1) is 10.7 Å². The summed E-state index contributed by atoms with van der Waals surface area (Å²) < 4.78 is 26.7. The lowest BCUT2D eigenvalue weighted by atomic mass is 10.1. The van der Waals surface area contributed by atoms with Gasteiger partial charge in [0.15, 0.2) is 0 Å². The van der Waals surface area contributed by atoms with Gasteiger partial charge in [-0.1, -0.05) is 6.92 Å². The van der Waals surface area contributed by atoms with Gasteiger partial charge in [-0.3, -0.25) is 0 Å². The first kappa shape index (κ1) is 13.1. The molecule has 0 amide bonds. The third-order valence-electron chi connectivity index (χ3n) is 2.75. The van der Waals surface area contributed by atoms with Crippen LogP contribution in [-0.2, 0) is 0 Å². The lowest BCUT2D eigenvalue weighted by Crippen LogP contribution is -2.04. The summed E-state index contributed by atoms with van der Waals surface area (Å²) in [6.45, 7) is 2.61. The molecule has 2 nitrogen and oxygen atoms in total. The lowest BCUT2D eigenvalue weighted by molar-refractivity contribution is 0.602. The highest BCUT2D eigenvalue weighted by Crippen LogP contribution is 2.29. The Hall–Kier alpha value is -1.33. The number of nitrogens with two attached hydrogens (primary N) is 1. The zero-order valence-electron chi connectivity index (χ0n) is 9.99. The van der Waals surface area contributed by atoms with E-state index in [1.54, 1.807) is 5.38 Å². The maximum Gasteiger partial charge on any atom is 0.132 e. The van der Waals surface area contributed by atoms with Crippen LogP contribution in [0.2, 0.25) is 0 Å². The smallest absolute Gasteiger partial charge is 0.132 e. The van der Waals surface area contributed by atoms with Crippen LogP contribution in [0.3, 0.4) is 0 Å². The molecule has 0 saturated heterocycles. The van der Waals surface area contributed by atoms with E-state index < -0.39 is 11.6 Å². The molecule has 1 unspecified atom stereocenters. The van der Waals surface area contributed by atoms with Gasteiger partial charge < -0.3 is 5.73 Å². The fourth-order valence-electron chi connectivity index (χ4n) is 1.70. The van der Waals surface area contributed by atoms with Crippen molar-refractivity contribution in [1.29, 1.82) is 0 Å². The van der Waals surface area contributed by atoms with E-state index in [-0.39, 0.29) is 11.5 Å². The molecule has 1 aromatic heterocycles. The molecule has 0 aliphatic carbocycles. The topological polar surface area (TPSA) is 38.9 Å². The summed E-state index contributed by atoms with van der Waals surface area (Å²) in [5.74, 6) is -0.680. The second-order valence-corrected chi connectivity index (χ2v) is 5.06. The molecule has 18 heavy (non-hydrogen) atoms. The van der Waals surface area contributed by atoms with Gasteiger partial charge in [-0.25, -0.2) is 13.8 Å². The maximum absolute atomic E-state index is 13.6. The van der Waals surface area contributed by atoms with E-state index in [9.17, 15) is 8.78 Å². The number of halogens is 2. The lowest BCUT2D eigenvalue weighted by Gasteiger charge is -2.05. The summed E-state index contributed by atoms with van der Waals surface area (Å²) in [5, 5.41) is 2.65. The first-order valence-corrected chi connectivity index (χ1v) is 6.60. The van der Waals surface area contributed by atoms with E-state index in [2.05, 4.69) is 4.98 Å². The zero-order valence-corrected chi connectivity index (χ0v) is 10.8. The van der Waals surface area contributed by atoms with Gasteiger partial charge in [0.2, 0.25) is 0 Å². The quantitative estimate of drug-likeness (QED) is 0.921. The van der Waals surface area contributed by atoms with Gasteiger partial charge in [-0.15, -0.1) is 11.3 Å². The Labute approximate surface area is 108 Å². The number of thiazole rings is 1. The largest absolute Gasteiger partial charge is 0.330 e. The fraction of sp³-hybridized carbons (Fsp3) is 0.308. The Kier molecular flexibility index (Phi) is 4.04. The van der Waals surface area contributed by atoms with Crippen LogP contribution in [0.1, 0.15) is 24.3 Å². The standard InChI is InChI=1S/C13H14F2N2S/c1-8(4-5-16)13-17-12(7-18-13)10-6-9(14)2-3-11(10)15/h2-3,6-8H,4-5,16H2,1H3. The van der Waals surface area contributed by atoms with Crippen LogP contribution in [-0.4, -0.2) is 11.5 Å². The predicted molar refractivity (Wildman–Crippen MR) is 69.6 cm³/mol. The average molecular weight is 268 g/mol. The minimum Gasteiger partial charge on any atom is -0.330 e. The molecule has 1 aromatic carbocycles. The third-order valence-corrected chi connectivity index (χ3v) is 3.82. The van der Waals surface area contributed by atoms with Crippen LogP contribution in [0.5, 0.6) is 0 Å². The number of hydrogen-bond acceptors (Lipinski definition) is 3. The SMILES string of the molecule is CC(CCN)c1nc(-c2cc(F)ccc2F)cs1. The molecule has 0 fully saturated rings. The molecule has 0 aliphatic rings. The summed E-state index contributed by atoms with van der Waals surface area (Å²) in [6, 6.07) is 3.39. The van der Waals surface area contributed by atoms with E-state index in [0.29, 0.717) is 12.2 Å². The van der Waals surface area contributed by atoms with Crippen molar-refractivity contribution in [2.24, 2.45) is 5.73 Å². The molecule has 2 aromatic rings. The van der Waals surface area contributed by atoms with Crippen molar-refractivity contribution in [1.82, 2.24) is 4.98 Å². The van der Waals surface area contributed by atoms with Gasteiger partial charge in [0, 0.05) is 16.9 Å². The molecule has 0 radical (unpaired) electrons. The first-order valence-electron chi connectivity index (χ1n) is 5.72. The maximum atomic E-state index is 13.6. The Balaban J connectivity index is 2.32. The second-order valence-electron chi connectivity index (χ2n) is 4.17. The fourth-order valence-corrected chi connectivity index (χ4v) is 2.62. The highest BCUT2D eigenvalue weighted by atomic mass is 32.1. The van der Waals surface area contributed by atoms with Crippen molar-refractivity contribution in [2.45, 2.75) is 19.3 Å². The van der Waals surface area contributed by atoms with Gasteiger partial charge >= 0.3 is 0 Å². The number of benzene rings is 1. The molecule has 96 valence electrons. The molecular formula is C13H14F2N2S. The number of hydrogen-bond donors (Lipinski definition) is 1. The van der Waals surface area contributed by atoms with Gasteiger partial charge in [0.1, 0.15) is 11.6 Å². The summed E-state index contributed by atoms with van der Waals surface area (Å²) >= 11 is 1.45. The predicted octanol–water partition coefficient (Wildman–Crippen LogP) is 3.54. The van der Waals surface area contributed by atoms with Crippen molar-refractivity contribution in [3.05, 3.63) is 40.2 Å². The monoisotopic (exact) mass is 268 g/mol. The molecule has 2 N–H and O–H groups in total. The van der Waals surface area contributed by atoms with E-state index in [1.165, 1.54) is 17.4 Å². The van der Waals surface area contributed by atoms with Crippen molar-refractivity contribution in [3.63, 3.8) is 0 Å². The summed E-state index contributed by atoms with van der Waals surface area (Å²) in [4.78, 5) is 4.36. The summed E-state index contributed by atoms with van der Waals surface area (Å²) in [6.07, 6.45) is 0.832. The molecule has 0 aliphatic heterocycles. The Morgan fingerprint density at radius 2 is 2.17 bits per heavy atom. The van der Waals surface area contributed by atoms with Crippen LogP contribution >= 0.6 is 11.3 Å². The van der Waals surface area contributed by atoms with Gasteiger partial charge in [-0.2, -0.15) is 0 Å². The van der Waals surface area contributed by atoms with Crippen LogP contribution in [0.15, 0.2) is 23.6 Å². The first-order chi connectivity index (χ1) is 8.61. The third kappa shape index (κ3) is 2.73. The average Bonchev–Trinajstić information content (AvgIpc) is 2.82. The van der Waals surface area contributed by atoms with Crippen LogP contribution < -0.4 is 5.73 Å². The van der Waals surface area contributed by atoms with Gasteiger partial charge in [0.25, 0.3) is 0 Å². The van der Waals surface area contributed by atoms with Crippen LogP contribution in [0.25, 0.3) is 11.3 Å². The zero-order chi connectivity index (χ0) is 13.1. The minimum absolute atomic E-state index is 0.206. The number of aromatic nitrogens is 1. The van der Waals surface area contributed by atoms with Crippen LogP contribution in [0, 0.1) is 11.6 Å². The van der Waals surface area contributed by atoms with E-state index >= 15 is 0 Å². The number of nitrogens with zero attached hydrogens (tertiary/aromatic N) is 1. The van der Waals surface area contributed by atoms with Gasteiger partial charge in [-0.05, 0) is 31.2 Å². The summed E-state index contributed by atoms with van der Waals surface area (Å²) in [5.41, 5.74) is 6.18. The van der Waals surface area contributed by atoms with Crippen molar-refractivity contribution in [3.8, 4) is 11.3 Å². The summed E-state index contributed by atoms with van der Waals surface area (Å²) in [7, 11) is 0. The molecule has 0 bridgehead atoms. The molecule has 0 saturated carbocycles. The molecule has 1 atom stereocenters. The van der Waals surface area contributed by atoms with E-state index in [1.807, 2.05) is 6.92 Å². The van der Waals surface area contributed by atoms with Crippen molar-refractivity contribution < 1.29 is 8.78 Å². The minimum atomic E-state index is -0.462. The molecule has 2 rings (SSSR count).